The van der Waals surface area contributed by atoms with Crippen LogP contribution in [0.25, 0.3) is 0 Å². The second kappa shape index (κ2) is 9.70. The van der Waals surface area contributed by atoms with Gasteiger partial charge in [-0.2, -0.15) is 5.10 Å². The number of rotatable bonds is 7. The zero-order valence-electron chi connectivity index (χ0n) is 14.1. The van der Waals surface area contributed by atoms with Crippen molar-refractivity contribution in [2.75, 3.05) is 0 Å². The van der Waals surface area contributed by atoms with Crippen molar-refractivity contribution in [3.05, 3.63) is 52.9 Å². The Morgan fingerprint density at radius 1 is 1.21 bits per heavy atom. The molecule has 130 valence electrons. The number of carbonyl (C=O) groups is 1. The van der Waals surface area contributed by atoms with Gasteiger partial charge in [0.25, 0.3) is 0 Å². The number of hydrogen-bond donors (Lipinski definition) is 1. The van der Waals surface area contributed by atoms with Crippen LogP contribution in [0.2, 0.25) is 0 Å². The number of halogens is 2. The summed E-state index contributed by atoms with van der Waals surface area (Å²) in [7, 11) is 0. The summed E-state index contributed by atoms with van der Waals surface area (Å²) >= 11 is 0. The molecule has 24 heavy (non-hydrogen) atoms. The maximum Gasteiger partial charge on any atom is 0.183 e. The molecule has 0 radical (unpaired) electrons. The Hall–Kier alpha value is -2.37. The van der Waals surface area contributed by atoms with Gasteiger partial charge >= 0.3 is 0 Å². The highest BCUT2D eigenvalue weighted by Crippen LogP contribution is 2.17. The smallest absolute Gasteiger partial charge is 0.183 e. The topological polar surface area (TPSA) is 58.7 Å². The van der Waals surface area contributed by atoms with Gasteiger partial charge in [-0.05, 0) is 31.7 Å². The zero-order chi connectivity index (χ0) is 18.1. The fraction of sp³-hybridized carbons (Fsp3) is 0.389. The molecule has 6 heteroatoms. The molecule has 0 saturated carbocycles. The third kappa shape index (κ3) is 4.81. The van der Waals surface area contributed by atoms with Gasteiger partial charge in [0.15, 0.2) is 5.78 Å². The molecule has 0 unspecified atom stereocenters. The second-order valence-electron chi connectivity index (χ2n) is 5.32. The van der Waals surface area contributed by atoms with E-state index in [1.807, 2.05) is 13.8 Å². The Balaban J connectivity index is 0.00000139. The van der Waals surface area contributed by atoms with Gasteiger partial charge in [-0.1, -0.05) is 26.3 Å². The van der Waals surface area contributed by atoms with Gasteiger partial charge in [-0.3, -0.25) is 9.48 Å². The summed E-state index contributed by atoms with van der Waals surface area (Å²) in [6, 6.07) is 3.77. The third-order valence-corrected chi connectivity index (χ3v) is 3.48. The summed E-state index contributed by atoms with van der Waals surface area (Å²) in [4.78, 5) is 12.1. The molecule has 2 aromatic rings. The fourth-order valence-electron chi connectivity index (χ4n) is 2.42. The maximum atomic E-state index is 13.7. The van der Waals surface area contributed by atoms with Crippen LogP contribution in [0.15, 0.2) is 24.4 Å². The lowest BCUT2D eigenvalue weighted by Crippen LogP contribution is -2.07. The summed E-state index contributed by atoms with van der Waals surface area (Å²) in [6.07, 6.45) is 4.51. The van der Waals surface area contributed by atoms with E-state index in [4.69, 9.17) is 5.41 Å². The monoisotopic (exact) mass is 335 g/mol. The molecule has 1 aromatic carbocycles. The number of hydrogen-bond acceptors (Lipinski definition) is 3. The first-order valence-corrected chi connectivity index (χ1v) is 7.94. The number of nitrogens with one attached hydrogen (secondary N) is 1. The Kier molecular flexibility index (Phi) is 7.95. The van der Waals surface area contributed by atoms with Crippen molar-refractivity contribution < 1.29 is 13.6 Å². The molecule has 0 amide bonds. The van der Waals surface area contributed by atoms with Crippen LogP contribution in [-0.4, -0.2) is 22.3 Å². The van der Waals surface area contributed by atoms with Crippen LogP contribution < -0.4 is 0 Å². The van der Waals surface area contributed by atoms with Crippen LogP contribution in [0.4, 0.5) is 8.78 Å². The molecule has 0 aliphatic rings. The van der Waals surface area contributed by atoms with Crippen molar-refractivity contribution in [3.8, 4) is 0 Å². The van der Waals surface area contributed by atoms with E-state index < -0.39 is 11.6 Å². The Labute approximate surface area is 141 Å². The minimum Gasteiger partial charge on any atom is -0.317 e. The third-order valence-electron chi connectivity index (χ3n) is 3.48. The molecule has 0 saturated heterocycles. The molecule has 1 N–H and O–H groups in total. The summed E-state index contributed by atoms with van der Waals surface area (Å²) in [6.45, 7) is 6.43. The van der Waals surface area contributed by atoms with E-state index in [0.29, 0.717) is 12.1 Å². The van der Waals surface area contributed by atoms with Crippen molar-refractivity contribution in [1.82, 2.24) is 9.78 Å². The number of carbonyl (C=O) groups excluding carboxylic acids is 1. The first-order valence-electron chi connectivity index (χ1n) is 7.94. The van der Waals surface area contributed by atoms with E-state index in [1.54, 1.807) is 6.20 Å². The summed E-state index contributed by atoms with van der Waals surface area (Å²) < 4.78 is 28.9. The van der Waals surface area contributed by atoms with E-state index in [2.05, 4.69) is 11.8 Å². The average Bonchev–Trinajstić information content (AvgIpc) is 2.96. The van der Waals surface area contributed by atoms with Gasteiger partial charge in [-0.15, -0.1) is 0 Å². The Morgan fingerprint density at radius 2 is 1.83 bits per heavy atom. The average molecular weight is 335 g/mol. The summed E-state index contributed by atoms with van der Waals surface area (Å²) in [5.41, 5.74) is 1.24. The van der Waals surface area contributed by atoms with E-state index in [9.17, 15) is 13.6 Å². The number of aromatic nitrogens is 2. The SMILES string of the molecule is C=N.CCCC(=O)c1nn(Cc2c(F)cccc2F)cc1CCC. The number of nitrogens with zero attached hydrogens (tertiary/aromatic N) is 2. The van der Waals surface area contributed by atoms with E-state index >= 15 is 0 Å². The number of aryl methyl sites for hydroxylation is 1. The molecule has 0 atom stereocenters. The van der Waals surface area contributed by atoms with Crippen LogP contribution in [0, 0.1) is 17.0 Å². The van der Waals surface area contributed by atoms with Gasteiger partial charge in [0.2, 0.25) is 0 Å². The lowest BCUT2D eigenvalue weighted by atomic mass is 10.1. The number of Topliss-reactive ketones (excluding diaryl/α,β-unsaturated/α-hetero) is 1. The first kappa shape index (κ1) is 19.7. The molecule has 4 nitrogen and oxygen atoms in total. The minimum atomic E-state index is -0.603. The molecule has 1 aromatic heterocycles. The highest BCUT2D eigenvalue weighted by atomic mass is 19.1. The van der Waals surface area contributed by atoms with E-state index in [-0.39, 0.29) is 17.9 Å². The summed E-state index contributed by atoms with van der Waals surface area (Å²) in [5.74, 6) is -1.22. The molecule has 2 rings (SSSR count). The molecule has 1 heterocycles. The van der Waals surface area contributed by atoms with Gasteiger partial charge in [0, 0.05) is 23.7 Å². The maximum absolute atomic E-state index is 13.7. The highest BCUT2D eigenvalue weighted by molar-refractivity contribution is 5.95. The second-order valence-corrected chi connectivity index (χ2v) is 5.32. The van der Waals surface area contributed by atoms with Crippen molar-refractivity contribution in [1.29, 1.82) is 5.41 Å². The van der Waals surface area contributed by atoms with Gasteiger partial charge in [0.1, 0.15) is 17.3 Å². The number of ketones is 1. The summed E-state index contributed by atoms with van der Waals surface area (Å²) in [5, 5.41) is 9.76. The van der Waals surface area contributed by atoms with Crippen LogP contribution in [0.3, 0.4) is 0 Å². The molecule has 0 bridgehead atoms. The van der Waals surface area contributed by atoms with Crippen LogP contribution >= 0.6 is 0 Å². The van der Waals surface area contributed by atoms with Crippen molar-refractivity contribution in [2.24, 2.45) is 0 Å². The van der Waals surface area contributed by atoms with Crippen molar-refractivity contribution in [3.63, 3.8) is 0 Å². The molecule has 0 aliphatic carbocycles. The molecule has 0 spiro atoms. The van der Waals surface area contributed by atoms with Gasteiger partial charge in [0.05, 0.1) is 6.54 Å². The molecular weight excluding hydrogens is 312 g/mol. The van der Waals surface area contributed by atoms with Crippen molar-refractivity contribution in [2.45, 2.75) is 46.1 Å². The predicted octanol–water partition coefficient (Wildman–Crippen LogP) is 4.41. The van der Waals surface area contributed by atoms with E-state index in [1.165, 1.54) is 22.9 Å². The van der Waals surface area contributed by atoms with E-state index in [0.717, 1.165) is 24.8 Å². The first-order chi connectivity index (χ1) is 11.6. The minimum absolute atomic E-state index is 0.0151. The number of benzene rings is 1. The Bertz CT molecular complexity index is 663. The Morgan fingerprint density at radius 3 is 2.38 bits per heavy atom. The quantitative estimate of drug-likeness (QED) is 0.602. The van der Waals surface area contributed by atoms with Crippen LogP contribution in [-0.2, 0) is 13.0 Å². The zero-order valence-corrected chi connectivity index (χ0v) is 14.1. The fourth-order valence-corrected chi connectivity index (χ4v) is 2.42. The molecule has 0 aliphatic heterocycles. The lowest BCUT2D eigenvalue weighted by Gasteiger charge is -2.04. The largest absolute Gasteiger partial charge is 0.317 e. The normalized spacial score (nSPS) is 10.2. The lowest BCUT2D eigenvalue weighted by molar-refractivity contribution is 0.0975. The predicted molar refractivity (Wildman–Crippen MR) is 90.8 cm³/mol. The van der Waals surface area contributed by atoms with Gasteiger partial charge in [-0.25, -0.2) is 8.78 Å². The van der Waals surface area contributed by atoms with Crippen LogP contribution in [0.1, 0.15) is 54.7 Å². The standard InChI is InChI=1S/C17H20F2N2O.CH3N/c1-3-6-12-10-21(20-17(12)16(22)7-4-2)11-13-14(18)8-5-9-15(13)19;1-2/h5,8-10H,3-4,6-7,11H2,1-2H3;2H,1H2. The molecule has 0 fully saturated rings. The highest BCUT2D eigenvalue weighted by Gasteiger charge is 2.17. The van der Waals surface area contributed by atoms with Crippen molar-refractivity contribution >= 4 is 12.5 Å². The van der Waals surface area contributed by atoms with Crippen LogP contribution in [0.5, 0.6) is 0 Å². The van der Waals surface area contributed by atoms with Gasteiger partial charge < -0.3 is 5.41 Å². The molecular formula is C18H23F2N3O.